The summed E-state index contributed by atoms with van der Waals surface area (Å²) in [5.74, 6) is 5.25. The highest BCUT2D eigenvalue weighted by molar-refractivity contribution is 5.85. The maximum absolute atomic E-state index is 13.2. The number of carbonyl (C=O) groups excluding carboxylic acids is 1. The number of carbonyl (C=O) groups is 2. The van der Waals surface area contributed by atoms with Gasteiger partial charge in [-0.1, -0.05) is 24.3 Å². The van der Waals surface area contributed by atoms with Crippen LogP contribution in [-0.2, 0) is 28.5 Å². The Morgan fingerprint density at radius 1 is 1.13 bits per heavy atom. The van der Waals surface area contributed by atoms with Gasteiger partial charge in [0.1, 0.15) is 5.78 Å². The van der Waals surface area contributed by atoms with Gasteiger partial charge in [-0.05, 0) is 78.1 Å². The van der Waals surface area contributed by atoms with Crippen LogP contribution in [0.3, 0.4) is 0 Å². The number of allylic oxidation sites excluding steroid dienone is 2. The fourth-order valence-electron chi connectivity index (χ4n) is 5.43. The van der Waals surface area contributed by atoms with Crippen LogP contribution in [0.1, 0.15) is 97.3 Å². The van der Waals surface area contributed by atoms with Gasteiger partial charge in [-0.3, -0.25) is 9.59 Å². The first-order chi connectivity index (χ1) is 18.4. The molecule has 0 bridgehead atoms. The van der Waals surface area contributed by atoms with Crippen molar-refractivity contribution in [2.45, 2.75) is 122 Å². The third-order valence-corrected chi connectivity index (χ3v) is 7.63. The molecule has 212 valence electrons. The number of ketones is 1. The second-order valence-electron chi connectivity index (χ2n) is 10.8. The first-order valence-electron chi connectivity index (χ1n) is 14.4. The summed E-state index contributed by atoms with van der Waals surface area (Å²) in [5.41, 5.74) is -0.569. The van der Waals surface area contributed by atoms with Crippen molar-refractivity contribution in [2.24, 2.45) is 11.8 Å². The topological polar surface area (TPSA) is 91.3 Å². The van der Waals surface area contributed by atoms with Crippen LogP contribution in [0.15, 0.2) is 24.3 Å². The number of carboxylic acids is 1. The van der Waals surface area contributed by atoms with Crippen molar-refractivity contribution in [3.05, 3.63) is 24.3 Å². The van der Waals surface area contributed by atoms with Crippen LogP contribution in [-0.4, -0.2) is 54.4 Å². The van der Waals surface area contributed by atoms with Crippen LogP contribution in [0.5, 0.6) is 0 Å². The van der Waals surface area contributed by atoms with Gasteiger partial charge in [0, 0.05) is 44.3 Å². The molecule has 7 nitrogen and oxygen atoms in total. The summed E-state index contributed by atoms with van der Waals surface area (Å²) in [4.78, 5) is 23.9. The van der Waals surface area contributed by atoms with E-state index in [2.05, 4.69) is 30.9 Å². The van der Waals surface area contributed by atoms with E-state index in [1.54, 1.807) is 0 Å². The lowest BCUT2D eigenvalue weighted by Crippen LogP contribution is -2.36. The molecule has 3 fully saturated rings. The molecule has 0 aromatic heterocycles. The fraction of sp³-hybridized carbons (Fsp3) is 0.742. The van der Waals surface area contributed by atoms with Crippen molar-refractivity contribution in [2.75, 3.05) is 13.2 Å². The Balaban J connectivity index is 1.74. The monoisotopic (exact) mass is 530 g/mol. The average molecular weight is 531 g/mol. The van der Waals surface area contributed by atoms with E-state index in [-0.39, 0.29) is 42.7 Å². The smallest absolute Gasteiger partial charge is 0.303 e. The highest BCUT2D eigenvalue weighted by Gasteiger charge is 2.43. The highest BCUT2D eigenvalue weighted by atomic mass is 16.7. The predicted molar refractivity (Wildman–Crippen MR) is 145 cm³/mol. The van der Waals surface area contributed by atoms with E-state index >= 15 is 0 Å². The van der Waals surface area contributed by atoms with E-state index in [1.165, 1.54) is 0 Å². The largest absolute Gasteiger partial charge is 0.481 e. The zero-order valence-electron chi connectivity index (χ0n) is 23.2. The summed E-state index contributed by atoms with van der Waals surface area (Å²) in [6.07, 6.45) is 17.4. The molecule has 1 N–H and O–H groups in total. The minimum Gasteiger partial charge on any atom is -0.481 e. The lowest BCUT2D eigenvalue weighted by molar-refractivity contribution is -0.208. The van der Waals surface area contributed by atoms with Crippen molar-refractivity contribution in [1.29, 1.82) is 0 Å². The minimum absolute atomic E-state index is 0.0934. The molecule has 1 aliphatic carbocycles. The van der Waals surface area contributed by atoms with Crippen LogP contribution in [0, 0.1) is 23.7 Å². The zero-order chi connectivity index (χ0) is 27.2. The van der Waals surface area contributed by atoms with Gasteiger partial charge in [-0.2, -0.15) is 0 Å². The van der Waals surface area contributed by atoms with E-state index in [0.717, 1.165) is 44.9 Å². The lowest BCUT2D eigenvalue weighted by atomic mass is 9.88. The third kappa shape index (κ3) is 10.3. The Morgan fingerprint density at radius 3 is 2.53 bits per heavy atom. The predicted octanol–water partition coefficient (Wildman–Crippen LogP) is 5.97. The number of aliphatic carboxylic acids is 1. The number of ether oxygens (including phenoxy) is 4. The highest BCUT2D eigenvalue weighted by Crippen LogP contribution is 2.38. The Bertz CT molecular complexity index is 857. The zero-order valence-corrected chi connectivity index (χ0v) is 23.2. The molecule has 0 radical (unpaired) electrons. The van der Waals surface area contributed by atoms with Crippen molar-refractivity contribution >= 4 is 11.8 Å². The van der Waals surface area contributed by atoms with Crippen LogP contribution in [0.25, 0.3) is 0 Å². The minimum atomic E-state index is -0.784. The number of Topliss-reactive ketones (excluding diaryl/α,β-unsaturated/α-hetero) is 1. The van der Waals surface area contributed by atoms with Gasteiger partial charge in [-0.15, -0.1) is 11.8 Å². The molecule has 3 rings (SSSR count). The van der Waals surface area contributed by atoms with Gasteiger partial charge in [0.15, 0.2) is 12.6 Å². The molecular formula is C31H46O7. The molecular weight excluding hydrogens is 484 g/mol. The summed E-state index contributed by atoms with van der Waals surface area (Å²) < 4.78 is 24.6. The number of carboxylic acid groups (broad SMARTS) is 1. The van der Waals surface area contributed by atoms with Crippen LogP contribution < -0.4 is 0 Å². The molecule has 0 amide bonds. The summed E-state index contributed by atoms with van der Waals surface area (Å²) in [6, 6.07) is 0. The second-order valence-corrected chi connectivity index (χ2v) is 10.8. The molecule has 2 heterocycles. The van der Waals surface area contributed by atoms with Crippen molar-refractivity contribution < 1.29 is 33.6 Å². The van der Waals surface area contributed by atoms with E-state index in [4.69, 9.17) is 24.1 Å². The summed E-state index contributed by atoms with van der Waals surface area (Å²) in [5, 5.41) is 8.85. The first kappa shape index (κ1) is 30.6. The van der Waals surface area contributed by atoms with Crippen molar-refractivity contribution in [3.8, 4) is 11.8 Å². The number of hydrogen-bond donors (Lipinski definition) is 1. The van der Waals surface area contributed by atoms with Crippen LogP contribution >= 0.6 is 0 Å². The molecule has 2 aliphatic heterocycles. The van der Waals surface area contributed by atoms with Gasteiger partial charge in [0.05, 0.1) is 11.7 Å². The van der Waals surface area contributed by atoms with Crippen molar-refractivity contribution in [3.63, 3.8) is 0 Å². The first-order valence-corrected chi connectivity index (χ1v) is 14.4. The number of hydrogen-bond acceptors (Lipinski definition) is 6. The molecule has 38 heavy (non-hydrogen) atoms. The number of unbranched alkanes of at least 4 members (excludes halogenated alkanes) is 1. The lowest BCUT2D eigenvalue weighted by Gasteiger charge is -2.34. The van der Waals surface area contributed by atoms with Gasteiger partial charge < -0.3 is 24.1 Å². The standard InChI is InChI=1S/C31H46O7/c1-3-4-11-19-31(2,38-30-17-10-13-22-36-30)20-18-25-24(14-7-5-6-8-15-28(33)34)26(32)23-27(25)37-29-16-9-12-21-35-29/h5,7,18,20,24-25,27,29-30H,6,8-17,19,21-23H2,1-2H3,(H,33,34)/t24-,25-,27-,29?,30?,31?/m1/s1. The molecule has 2 saturated heterocycles. The Morgan fingerprint density at radius 2 is 1.87 bits per heavy atom. The van der Waals surface area contributed by atoms with Gasteiger partial charge >= 0.3 is 5.97 Å². The van der Waals surface area contributed by atoms with Crippen LogP contribution in [0.2, 0.25) is 0 Å². The quantitative estimate of drug-likeness (QED) is 0.168. The maximum atomic E-state index is 13.2. The van der Waals surface area contributed by atoms with Gasteiger partial charge in [0.2, 0.25) is 0 Å². The van der Waals surface area contributed by atoms with Gasteiger partial charge in [0.25, 0.3) is 0 Å². The summed E-state index contributed by atoms with van der Waals surface area (Å²) in [7, 11) is 0. The molecule has 0 aromatic carbocycles. The Labute approximate surface area is 228 Å². The molecule has 7 heteroatoms. The number of rotatable bonds is 14. The third-order valence-electron chi connectivity index (χ3n) is 7.63. The van der Waals surface area contributed by atoms with Crippen molar-refractivity contribution in [1.82, 2.24) is 0 Å². The second kappa shape index (κ2) is 16.2. The van der Waals surface area contributed by atoms with Crippen LogP contribution in [0.4, 0.5) is 0 Å². The molecule has 1 saturated carbocycles. The molecule has 3 aliphatic rings. The summed E-state index contributed by atoms with van der Waals surface area (Å²) in [6.45, 7) is 5.33. The van der Waals surface area contributed by atoms with E-state index in [9.17, 15) is 9.59 Å². The molecule has 0 spiro atoms. The maximum Gasteiger partial charge on any atom is 0.303 e. The van der Waals surface area contributed by atoms with E-state index in [1.807, 2.05) is 19.1 Å². The fourth-order valence-corrected chi connectivity index (χ4v) is 5.43. The van der Waals surface area contributed by atoms with E-state index < -0.39 is 11.6 Å². The Kier molecular flexibility index (Phi) is 13.0. The molecule has 3 unspecified atom stereocenters. The SMILES string of the molecule is CC#CCCC(C)(C=C[C@H]1[C@H](OC2CCCCO2)CC(=O)[C@@H]1CC=CCCCC(=O)O)OC1CCCCO1. The molecule has 0 aromatic rings. The van der Waals surface area contributed by atoms with Gasteiger partial charge in [-0.25, -0.2) is 0 Å². The Hall–Kier alpha value is -1.98. The normalized spacial score (nSPS) is 29.8. The molecule has 6 atom stereocenters. The van der Waals surface area contributed by atoms with E-state index in [0.29, 0.717) is 45.3 Å². The average Bonchev–Trinajstić information content (AvgIpc) is 3.19. The summed E-state index contributed by atoms with van der Waals surface area (Å²) >= 11 is 0.